The largest absolute Gasteiger partial charge is 0.444 e. The zero-order valence-electron chi connectivity index (χ0n) is 13.6. The fourth-order valence-electron chi connectivity index (χ4n) is 2.67. The van der Waals surface area contributed by atoms with Gasteiger partial charge >= 0.3 is 0 Å². The zero-order valence-corrected chi connectivity index (χ0v) is 16.0. The van der Waals surface area contributed by atoms with Gasteiger partial charge in [0, 0.05) is 18.0 Å². The summed E-state index contributed by atoms with van der Waals surface area (Å²) < 4.78 is 11.3. The minimum Gasteiger partial charge on any atom is -0.444 e. The SMILES string of the molecule is O=C(NCC(=O)N(Cc1cccs1)CC1CCCO1)c1ccc(Br)o1. The van der Waals surface area contributed by atoms with Gasteiger partial charge in [-0.3, -0.25) is 9.59 Å². The summed E-state index contributed by atoms with van der Waals surface area (Å²) in [6.45, 7) is 1.74. The Hall–Kier alpha value is -1.64. The van der Waals surface area contributed by atoms with Gasteiger partial charge in [-0.25, -0.2) is 0 Å². The van der Waals surface area contributed by atoms with Gasteiger partial charge in [-0.1, -0.05) is 6.07 Å². The number of rotatable bonds is 7. The maximum Gasteiger partial charge on any atom is 0.287 e. The van der Waals surface area contributed by atoms with E-state index in [-0.39, 0.29) is 24.3 Å². The number of hydrogen-bond acceptors (Lipinski definition) is 5. The molecule has 1 aliphatic heterocycles. The third-order valence-electron chi connectivity index (χ3n) is 3.92. The molecule has 2 aromatic rings. The molecule has 0 bridgehead atoms. The monoisotopic (exact) mass is 426 g/mol. The third-order valence-corrected chi connectivity index (χ3v) is 5.21. The topological polar surface area (TPSA) is 71.8 Å². The molecule has 1 N–H and O–H groups in total. The van der Waals surface area contributed by atoms with E-state index >= 15 is 0 Å². The Balaban J connectivity index is 1.58. The second-order valence-corrected chi connectivity index (χ2v) is 7.59. The highest BCUT2D eigenvalue weighted by atomic mass is 79.9. The van der Waals surface area contributed by atoms with Gasteiger partial charge in [0.2, 0.25) is 5.91 Å². The molecule has 8 heteroatoms. The summed E-state index contributed by atoms with van der Waals surface area (Å²) in [6.07, 6.45) is 2.05. The van der Waals surface area contributed by atoms with Crippen LogP contribution in [-0.2, 0) is 16.1 Å². The van der Waals surface area contributed by atoms with Gasteiger partial charge < -0.3 is 19.4 Å². The van der Waals surface area contributed by atoms with Crippen molar-refractivity contribution < 1.29 is 18.7 Å². The van der Waals surface area contributed by atoms with Gasteiger partial charge in [-0.05, 0) is 52.4 Å². The average molecular weight is 427 g/mol. The molecule has 0 spiro atoms. The van der Waals surface area contributed by atoms with E-state index in [9.17, 15) is 9.59 Å². The minimum atomic E-state index is -0.410. The number of furan rings is 1. The molecule has 1 saturated heterocycles. The second kappa shape index (κ2) is 8.64. The normalized spacial score (nSPS) is 16.8. The minimum absolute atomic E-state index is 0.0700. The molecule has 0 saturated carbocycles. The van der Waals surface area contributed by atoms with Crippen LogP contribution in [0, 0.1) is 0 Å². The van der Waals surface area contributed by atoms with Crippen molar-refractivity contribution in [3.05, 3.63) is 45.0 Å². The van der Waals surface area contributed by atoms with Gasteiger partial charge in [0.1, 0.15) is 0 Å². The maximum absolute atomic E-state index is 12.6. The molecule has 134 valence electrons. The molecule has 25 heavy (non-hydrogen) atoms. The Labute approximate surface area is 158 Å². The third kappa shape index (κ3) is 5.17. The molecule has 1 unspecified atom stereocenters. The van der Waals surface area contributed by atoms with Crippen molar-refractivity contribution in [3.8, 4) is 0 Å². The quantitative estimate of drug-likeness (QED) is 0.738. The summed E-state index contributed by atoms with van der Waals surface area (Å²) in [5.41, 5.74) is 0. The van der Waals surface area contributed by atoms with Crippen molar-refractivity contribution in [1.82, 2.24) is 10.2 Å². The molecule has 2 amide bonds. The van der Waals surface area contributed by atoms with Gasteiger partial charge in [0.05, 0.1) is 19.2 Å². The molecule has 3 heterocycles. The summed E-state index contributed by atoms with van der Waals surface area (Å²) >= 11 is 4.76. The van der Waals surface area contributed by atoms with Gasteiger partial charge in [-0.2, -0.15) is 0 Å². The van der Waals surface area contributed by atoms with Crippen LogP contribution in [0.25, 0.3) is 0 Å². The van der Waals surface area contributed by atoms with E-state index in [0.29, 0.717) is 17.8 Å². The van der Waals surface area contributed by atoms with Crippen molar-refractivity contribution in [3.63, 3.8) is 0 Å². The van der Waals surface area contributed by atoms with E-state index in [0.717, 1.165) is 24.3 Å². The molecule has 2 aromatic heterocycles. The molecule has 6 nitrogen and oxygen atoms in total. The standard InChI is InChI=1S/C17H19BrN2O4S/c18-15-6-5-14(24-15)17(22)19-9-16(21)20(10-12-3-1-7-23-12)11-13-4-2-8-25-13/h2,4-6,8,12H,1,3,7,9-11H2,(H,19,22). The maximum atomic E-state index is 12.6. The summed E-state index contributed by atoms with van der Waals surface area (Å²) in [4.78, 5) is 27.5. The number of nitrogens with one attached hydrogen (secondary N) is 1. The van der Waals surface area contributed by atoms with Crippen LogP contribution in [0.5, 0.6) is 0 Å². The Bertz CT molecular complexity index is 710. The molecule has 1 aliphatic rings. The van der Waals surface area contributed by atoms with E-state index < -0.39 is 5.91 Å². The number of nitrogens with zero attached hydrogens (tertiary/aromatic N) is 1. The summed E-state index contributed by atoms with van der Waals surface area (Å²) in [5.74, 6) is -0.376. The van der Waals surface area contributed by atoms with Crippen molar-refractivity contribution >= 4 is 39.1 Å². The predicted octanol–water partition coefficient (Wildman–Crippen LogP) is 3.04. The van der Waals surface area contributed by atoms with E-state index in [1.165, 1.54) is 0 Å². The second-order valence-electron chi connectivity index (χ2n) is 5.78. The molecule has 1 atom stereocenters. The van der Waals surface area contributed by atoms with Crippen LogP contribution in [0.2, 0.25) is 0 Å². The Morgan fingerprint density at radius 2 is 2.24 bits per heavy atom. The van der Waals surface area contributed by atoms with Crippen molar-refractivity contribution in [1.29, 1.82) is 0 Å². The van der Waals surface area contributed by atoms with Gasteiger partial charge in [-0.15, -0.1) is 11.3 Å². The van der Waals surface area contributed by atoms with E-state index in [1.807, 2.05) is 17.5 Å². The smallest absolute Gasteiger partial charge is 0.287 e. The number of halogens is 1. The molecule has 0 radical (unpaired) electrons. The highest BCUT2D eigenvalue weighted by molar-refractivity contribution is 9.10. The Kier molecular flexibility index (Phi) is 6.28. The number of hydrogen-bond donors (Lipinski definition) is 1. The van der Waals surface area contributed by atoms with Crippen LogP contribution >= 0.6 is 27.3 Å². The number of carbonyl (C=O) groups excluding carboxylic acids is 2. The molecule has 0 aliphatic carbocycles. The van der Waals surface area contributed by atoms with Crippen LogP contribution in [0.1, 0.15) is 28.3 Å². The van der Waals surface area contributed by atoms with E-state index in [2.05, 4.69) is 21.2 Å². The molecule has 1 fully saturated rings. The summed E-state index contributed by atoms with van der Waals surface area (Å²) in [7, 11) is 0. The van der Waals surface area contributed by atoms with Crippen LogP contribution in [-0.4, -0.2) is 42.5 Å². The first kappa shape index (κ1) is 18.2. The molecular formula is C17H19BrN2O4S. The number of carbonyl (C=O) groups is 2. The van der Waals surface area contributed by atoms with Crippen molar-refractivity contribution in [2.24, 2.45) is 0 Å². The summed E-state index contributed by atoms with van der Waals surface area (Å²) in [5, 5.41) is 4.60. The van der Waals surface area contributed by atoms with Crippen LogP contribution < -0.4 is 5.32 Å². The molecule has 0 aromatic carbocycles. The molecule has 3 rings (SSSR count). The Morgan fingerprint density at radius 3 is 2.88 bits per heavy atom. The fourth-order valence-corrected chi connectivity index (χ4v) is 3.70. The van der Waals surface area contributed by atoms with Crippen molar-refractivity contribution in [2.45, 2.75) is 25.5 Å². The lowest BCUT2D eigenvalue weighted by Crippen LogP contribution is -2.42. The predicted molar refractivity (Wildman–Crippen MR) is 97.5 cm³/mol. The first-order valence-corrected chi connectivity index (χ1v) is 9.74. The van der Waals surface area contributed by atoms with Crippen LogP contribution in [0.15, 0.2) is 38.7 Å². The van der Waals surface area contributed by atoms with Gasteiger partial charge in [0.25, 0.3) is 5.91 Å². The van der Waals surface area contributed by atoms with Gasteiger partial charge in [0.15, 0.2) is 10.4 Å². The number of thiophene rings is 1. The lowest BCUT2D eigenvalue weighted by molar-refractivity contribution is -0.132. The Morgan fingerprint density at radius 1 is 1.36 bits per heavy atom. The number of ether oxygens (including phenoxy) is 1. The average Bonchev–Trinajstić information content (AvgIpc) is 3.34. The van der Waals surface area contributed by atoms with E-state index in [1.54, 1.807) is 28.4 Å². The van der Waals surface area contributed by atoms with Crippen molar-refractivity contribution in [2.75, 3.05) is 19.7 Å². The first-order chi connectivity index (χ1) is 12.1. The zero-order chi connectivity index (χ0) is 17.6. The first-order valence-electron chi connectivity index (χ1n) is 8.07. The highest BCUT2D eigenvalue weighted by Crippen LogP contribution is 2.17. The lowest BCUT2D eigenvalue weighted by Gasteiger charge is -2.25. The van der Waals surface area contributed by atoms with Crippen LogP contribution in [0.4, 0.5) is 0 Å². The molecular weight excluding hydrogens is 408 g/mol. The van der Waals surface area contributed by atoms with E-state index in [4.69, 9.17) is 9.15 Å². The van der Waals surface area contributed by atoms with Crippen LogP contribution in [0.3, 0.4) is 0 Å². The summed E-state index contributed by atoms with van der Waals surface area (Å²) in [6, 6.07) is 7.15. The lowest BCUT2D eigenvalue weighted by atomic mass is 10.2. The number of amides is 2. The highest BCUT2D eigenvalue weighted by Gasteiger charge is 2.23. The fraction of sp³-hybridized carbons (Fsp3) is 0.412.